The van der Waals surface area contributed by atoms with Crippen molar-refractivity contribution in [1.82, 2.24) is 9.55 Å². The summed E-state index contributed by atoms with van der Waals surface area (Å²) in [5, 5.41) is 3.28. The van der Waals surface area contributed by atoms with Crippen LogP contribution in [0.1, 0.15) is 40.2 Å². The molecule has 0 saturated heterocycles. The lowest BCUT2D eigenvalue weighted by atomic mass is 10.0. The third kappa shape index (κ3) is 3.55. The molecule has 3 N–H and O–H groups in total. The second-order valence-electron chi connectivity index (χ2n) is 6.48. The lowest BCUT2D eigenvalue weighted by molar-refractivity contribution is -0.116. The van der Waals surface area contributed by atoms with E-state index in [0.717, 1.165) is 41.0 Å². The lowest BCUT2D eigenvalue weighted by Gasteiger charge is -2.15. The van der Waals surface area contributed by atoms with Crippen molar-refractivity contribution in [3.8, 4) is 0 Å². The average Bonchev–Trinajstić information content (AvgIpc) is 3.01. The maximum absolute atomic E-state index is 12.8. The summed E-state index contributed by atoms with van der Waals surface area (Å²) in [5.41, 5.74) is 8.41. The van der Waals surface area contributed by atoms with Gasteiger partial charge in [-0.25, -0.2) is 4.98 Å². The van der Waals surface area contributed by atoms with Gasteiger partial charge in [0.05, 0.1) is 16.6 Å². The van der Waals surface area contributed by atoms with Crippen LogP contribution >= 0.6 is 11.3 Å². The van der Waals surface area contributed by atoms with Crippen LogP contribution in [0.25, 0.3) is 10.2 Å². The number of aryl methyl sites for hydroxylation is 3. The molecule has 0 spiro atoms. The Bertz CT molecular complexity index is 1110. The van der Waals surface area contributed by atoms with Crippen molar-refractivity contribution >= 4 is 39.1 Å². The molecule has 2 heterocycles. The monoisotopic (exact) mass is 398 g/mol. The van der Waals surface area contributed by atoms with Gasteiger partial charge in [-0.3, -0.25) is 19.0 Å². The maximum Gasteiger partial charge on any atom is 0.262 e. The number of amides is 2. The van der Waals surface area contributed by atoms with E-state index in [1.807, 2.05) is 32.0 Å². The molecule has 0 aliphatic carbocycles. The molecule has 0 unspecified atom stereocenters. The van der Waals surface area contributed by atoms with Gasteiger partial charge in [0.1, 0.15) is 11.4 Å². The molecule has 0 saturated carbocycles. The molecule has 3 rings (SSSR count). The Morgan fingerprint density at radius 2 is 1.86 bits per heavy atom. The van der Waals surface area contributed by atoms with E-state index in [1.54, 1.807) is 6.92 Å². The van der Waals surface area contributed by atoms with E-state index in [2.05, 4.69) is 10.3 Å². The van der Waals surface area contributed by atoms with Gasteiger partial charge in [-0.15, -0.1) is 11.3 Å². The van der Waals surface area contributed by atoms with Gasteiger partial charge >= 0.3 is 0 Å². The predicted octanol–water partition coefficient (Wildman–Crippen LogP) is 2.63. The van der Waals surface area contributed by atoms with Gasteiger partial charge < -0.3 is 11.1 Å². The Hall–Kier alpha value is -3.00. The molecule has 2 aromatic heterocycles. The van der Waals surface area contributed by atoms with Crippen molar-refractivity contribution in [3.05, 3.63) is 56.4 Å². The Morgan fingerprint density at radius 3 is 2.43 bits per heavy atom. The second kappa shape index (κ2) is 7.93. The first-order valence-electron chi connectivity index (χ1n) is 9.06. The highest BCUT2D eigenvalue weighted by atomic mass is 32.1. The number of aromatic nitrogens is 2. The van der Waals surface area contributed by atoms with Gasteiger partial charge in [0.15, 0.2) is 0 Å². The summed E-state index contributed by atoms with van der Waals surface area (Å²) in [6.45, 7) is 5.56. The minimum absolute atomic E-state index is 0.163. The van der Waals surface area contributed by atoms with E-state index in [4.69, 9.17) is 5.73 Å². The molecule has 146 valence electrons. The van der Waals surface area contributed by atoms with Crippen molar-refractivity contribution < 1.29 is 9.59 Å². The standard InChI is InChI=1S/C20H22N4O3S/c1-4-12-7-6-8-13(5-2)16(12)23-14(25)9-24-10-22-19-15(20(24)27)11(3)17(28-19)18(21)26/h6-8,10H,4-5,9H2,1-3H3,(H2,21,26)(H,23,25). The second-order valence-corrected chi connectivity index (χ2v) is 7.48. The van der Waals surface area contributed by atoms with Crippen molar-refractivity contribution in [2.75, 3.05) is 5.32 Å². The number of thiophene rings is 1. The van der Waals surface area contributed by atoms with E-state index in [9.17, 15) is 14.4 Å². The summed E-state index contributed by atoms with van der Waals surface area (Å²) in [6, 6.07) is 5.94. The fraction of sp³-hybridized carbons (Fsp3) is 0.300. The number of nitrogens with zero attached hydrogens (tertiary/aromatic N) is 2. The third-order valence-corrected chi connectivity index (χ3v) is 5.93. The Labute approximate surface area is 166 Å². The highest BCUT2D eigenvalue weighted by Crippen LogP contribution is 2.26. The molecule has 1 aromatic carbocycles. The van der Waals surface area contributed by atoms with Crippen LogP contribution in [0.3, 0.4) is 0 Å². The van der Waals surface area contributed by atoms with Crippen LogP contribution in [-0.2, 0) is 24.2 Å². The van der Waals surface area contributed by atoms with Gasteiger partial charge in [0.2, 0.25) is 5.91 Å². The first kappa shape index (κ1) is 19.8. The summed E-state index contributed by atoms with van der Waals surface area (Å²) in [7, 11) is 0. The summed E-state index contributed by atoms with van der Waals surface area (Å²) >= 11 is 1.09. The molecule has 2 amide bonds. The number of nitrogens with one attached hydrogen (secondary N) is 1. The molecule has 0 bridgehead atoms. The fourth-order valence-corrected chi connectivity index (χ4v) is 4.24. The fourth-order valence-electron chi connectivity index (χ4n) is 3.24. The molecular formula is C20H22N4O3S. The Kier molecular flexibility index (Phi) is 5.60. The van der Waals surface area contributed by atoms with Gasteiger partial charge in [-0.1, -0.05) is 32.0 Å². The third-order valence-electron chi connectivity index (χ3n) is 4.72. The molecule has 8 heteroatoms. The van der Waals surface area contributed by atoms with Crippen molar-refractivity contribution in [3.63, 3.8) is 0 Å². The van der Waals surface area contributed by atoms with Crippen LogP contribution in [0.2, 0.25) is 0 Å². The zero-order valence-electron chi connectivity index (χ0n) is 16.0. The van der Waals surface area contributed by atoms with E-state index in [1.165, 1.54) is 10.9 Å². The molecule has 0 aliphatic heterocycles. The molecule has 0 atom stereocenters. The number of primary amides is 1. The average molecular weight is 398 g/mol. The predicted molar refractivity (Wildman–Crippen MR) is 111 cm³/mol. The van der Waals surface area contributed by atoms with Crippen LogP contribution < -0.4 is 16.6 Å². The molecular weight excluding hydrogens is 376 g/mol. The Morgan fingerprint density at radius 1 is 1.21 bits per heavy atom. The van der Waals surface area contributed by atoms with Crippen LogP contribution in [0, 0.1) is 6.92 Å². The quantitative estimate of drug-likeness (QED) is 0.665. The molecule has 0 fully saturated rings. The normalized spacial score (nSPS) is 11.0. The number of para-hydroxylation sites is 1. The van der Waals surface area contributed by atoms with Gasteiger partial charge in [-0.05, 0) is 36.5 Å². The van der Waals surface area contributed by atoms with E-state index in [-0.39, 0.29) is 18.0 Å². The summed E-state index contributed by atoms with van der Waals surface area (Å²) in [5.74, 6) is -0.894. The maximum atomic E-state index is 12.8. The first-order chi connectivity index (χ1) is 13.4. The Balaban J connectivity index is 1.93. The van der Waals surface area contributed by atoms with Crippen LogP contribution in [0.5, 0.6) is 0 Å². The number of anilines is 1. The summed E-state index contributed by atoms with van der Waals surface area (Å²) in [4.78, 5) is 42.0. The zero-order chi connectivity index (χ0) is 20.4. The van der Waals surface area contributed by atoms with E-state index in [0.29, 0.717) is 20.7 Å². The minimum atomic E-state index is -0.590. The number of fused-ring (bicyclic) bond motifs is 1. The SMILES string of the molecule is CCc1cccc(CC)c1NC(=O)Cn1cnc2sc(C(N)=O)c(C)c2c1=O. The molecule has 28 heavy (non-hydrogen) atoms. The van der Waals surface area contributed by atoms with E-state index < -0.39 is 5.91 Å². The summed E-state index contributed by atoms with van der Waals surface area (Å²) in [6.07, 6.45) is 2.92. The summed E-state index contributed by atoms with van der Waals surface area (Å²) < 4.78 is 1.25. The van der Waals surface area contributed by atoms with Crippen molar-refractivity contribution in [2.24, 2.45) is 5.73 Å². The number of hydrogen-bond donors (Lipinski definition) is 2. The number of hydrogen-bond acceptors (Lipinski definition) is 5. The van der Waals surface area contributed by atoms with Gasteiger partial charge in [-0.2, -0.15) is 0 Å². The number of nitrogens with two attached hydrogens (primary N) is 1. The zero-order valence-corrected chi connectivity index (χ0v) is 16.9. The highest BCUT2D eigenvalue weighted by molar-refractivity contribution is 7.20. The number of benzene rings is 1. The van der Waals surface area contributed by atoms with Crippen LogP contribution in [0.4, 0.5) is 5.69 Å². The molecule has 3 aromatic rings. The smallest absolute Gasteiger partial charge is 0.262 e. The van der Waals surface area contributed by atoms with Crippen LogP contribution in [0.15, 0.2) is 29.3 Å². The largest absolute Gasteiger partial charge is 0.365 e. The van der Waals surface area contributed by atoms with Crippen LogP contribution in [-0.4, -0.2) is 21.4 Å². The van der Waals surface area contributed by atoms with Gasteiger partial charge in [0.25, 0.3) is 11.5 Å². The topological polar surface area (TPSA) is 107 Å². The molecule has 0 radical (unpaired) electrons. The van der Waals surface area contributed by atoms with E-state index >= 15 is 0 Å². The first-order valence-corrected chi connectivity index (χ1v) is 9.87. The molecule has 7 nitrogen and oxygen atoms in total. The number of rotatable bonds is 6. The van der Waals surface area contributed by atoms with Crippen molar-refractivity contribution in [2.45, 2.75) is 40.2 Å². The lowest BCUT2D eigenvalue weighted by Crippen LogP contribution is -2.28. The molecule has 0 aliphatic rings. The minimum Gasteiger partial charge on any atom is -0.365 e. The van der Waals surface area contributed by atoms with Crippen molar-refractivity contribution in [1.29, 1.82) is 0 Å². The highest BCUT2D eigenvalue weighted by Gasteiger charge is 2.18. The van der Waals surface area contributed by atoms with Gasteiger partial charge in [0, 0.05) is 5.69 Å². The number of carbonyl (C=O) groups is 2. The number of carbonyl (C=O) groups excluding carboxylic acids is 2.